The predicted molar refractivity (Wildman–Crippen MR) is 65.7 cm³/mol. The molecule has 0 amide bonds. The molecule has 0 atom stereocenters. The third-order valence-electron chi connectivity index (χ3n) is 2.64. The second kappa shape index (κ2) is 3.87. The fraction of sp³-hybridized carbons (Fsp3) is 0. The summed E-state index contributed by atoms with van der Waals surface area (Å²) in [5.74, 6) is 0. The number of pyridine rings is 1. The van der Waals surface area contributed by atoms with Crippen LogP contribution >= 0.6 is 0 Å². The highest BCUT2D eigenvalue weighted by atomic mass is 16.4. The molecule has 0 saturated heterocycles. The first kappa shape index (κ1) is 9.78. The lowest BCUT2D eigenvalue weighted by Gasteiger charge is -2.02. The van der Waals surface area contributed by atoms with Crippen LogP contribution in [-0.4, -0.2) is 4.98 Å². The summed E-state index contributed by atoms with van der Waals surface area (Å²) in [5.41, 5.74) is 2.37. The predicted octanol–water partition coefficient (Wildman–Crippen LogP) is 2.86. The molecular weight excluding hydrogens is 214 g/mol. The first-order chi connectivity index (χ1) is 8.33. The van der Waals surface area contributed by atoms with Crippen LogP contribution in [-0.2, 0) is 0 Å². The van der Waals surface area contributed by atoms with E-state index in [0.717, 1.165) is 22.0 Å². The molecule has 0 aliphatic rings. The Morgan fingerprint density at radius 3 is 2.76 bits per heavy atom. The number of aromatic nitrogens is 1. The van der Waals surface area contributed by atoms with Crippen LogP contribution in [0.3, 0.4) is 0 Å². The van der Waals surface area contributed by atoms with E-state index in [-0.39, 0.29) is 5.63 Å². The van der Waals surface area contributed by atoms with Crippen molar-refractivity contribution in [1.82, 2.24) is 4.98 Å². The van der Waals surface area contributed by atoms with Crippen molar-refractivity contribution < 1.29 is 4.42 Å². The molecule has 2 aromatic heterocycles. The molecule has 0 saturated carbocycles. The molecule has 0 bridgehead atoms. The molecule has 0 aliphatic carbocycles. The lowest BCUT2D eigenvalue weighted by molar-refractivity contribution is 0.511. The van der Waals surface area contributed by atoms with Crippen LogP contribution in [0.1, 0.15) is 0 Å². The summed E-state index contributed by atoms with van der Waals surface area (Å²) in [6, 6.07) is 13.1. The molecule has 0 N–H and O–H groups in total. The van der Waals surface area contributed by atoms with E-state index in [1.54, 1.807) is 12.3 Å². The quantitative estimate of drug-likeness (QED) is 0.637. The van der Waals surface area contributed by atoms with Gasteiger partial charge in [0.25, 0.3) is 0 Å². The average molecular weight is 223 g/mol. The number of rotatable bonds is 1. The van der Waals surface area contributed by atoms with Crippen LogP contribution in [0, 0.1) is 0 Å². The lowest BCUT2D eigenvalue weighted by atomic mass is 10.1. The van der Waals surface area contributed by atoms with Crippen LogP contribution in [0.25, 0.3) is 22.0 Å². The molecule has 0 aliphatic heterocycles. The second-order valence-corrected chi connectivity index (χ2v) is 3.75. The molecule has 3 rings (SSSR count). The standard InChI is InChI=1S/C14H9NO2/c16-14-9-12(5-7-17-14)11-4-3-10-2-1-6-15-13(10)8-11/h1-9H. The maximum atomic E-state index is 11.1. The fourth-order valence-electron chi connectivity index (χ4n) is 1.81. The maximum Gasteiger partial charge on any atom is 0.336 e. The van der Waals surface area contributed by atoms with Gasteiger partial charge in [-0.3, -0.25) is 4.98 Å². The van der Waals surface area contributed by atoms with Crippen molar-refractivity contribution >= 4 is 10.9 Å². The minimum Gasteiger partial charge on any atom is -0.431 e. The molecule has 2 heterocycles. The molecule has 0 radical (unpaired) electrons. The third kappa shape index (κ3) is 1.83. The molecule has 0 spiro atoms. The van der Waals surface area contributed by atoms with Gasteiger partial charge in [-0.25, -0.2) is 4.79 Å². The van der Waals surface area contributed by atoms with Crippen molar-refractivity contribution in [2.24, 2.45) is 0 Å². The van der Waals surface area contributed by atoms with Gasteiger partial charge in [-0.1, -0.05) is 18.2 Å². The lowest BCUT2D eigenvalue weighted by Crippen LogP contribution is -1.95. The van der Waals surface area contributed by atoms with Crippen molar-refractivity contribution in [2.45, 2.75) is 0 Å². The Labute approximate surface area is 97.4 Å². The Morgan fingerprint density at radius 1 is 1.00 bits per heavy atom. The Morgan fingerprint density at radius 2 is 1.88 bits per heavy atom. The van der Waals surface area contributed by atoms with Gasteiger partial charge in [0.05, 0.1) is 11.8 Å². The average Bonchev–Trinajstić information content (AvgIpc) is 2.38. The Kier molecular flexibility index (Phi) is 2.22. The van der Waals surface area contributed by atoms with Gasteiger partial charge in [-0.05, 0) is 29.3 Å². The highest BCUT2D eigenvalue weighted by Gasteiger charge is 2.01. The van der Waals surface area contributed by atoms with Gasteiger partial charge >= 0.3 is 5.63 Å². The Bertz CT molecular complexity index is 731. The van der Waals surface area contributed by atoms with Gasteiger partial charge in [0.1, 0.15) is 0 Å². The summed E-state index contributed by atoms with van der Waals surface area (Å²) < 4.78 is 4.71. The zero-order valence-corrected chi connectivity index (χ0v) is 8.96. The smallest absolute Gasteiger partial charge is 0.336 e. The van der Waals surface area contributed by atoms with E-state index >= 15 is 0 Å². The van der Waals surface area contributed by atoms with Crippen molar-refractivity contribution in [3.05, 3.63) is 65.3 Å². The number of hydrogen-bond acceptors (Lipinski definition) is 3. The van der Waals surface area contributed by atoms with Crippen LogP contribution < -0.4 is 5.63 Å². The highest BCUT2D eigenvalue weighted by molar-refractivity contribution is 5.83. The van der Waals surface area contributed by atoms with Gasteiger partial charge in [0.2, 0.25) is 0 Å². The number of benzene rings is 1. The van der Waals surface area contributed by atoms with E-state index in [0.29, 0.717) is 0 Å². The Balaban J connectivity index is 2.21. The van der Waals surface area contributed by atoms with Crippen molar-refractivity contribution in [3.8, 4) is 11.1 Å². The van der Waals surface area contributed by atoms with E-state index in [2.05, 4.69) is 4.98 Å². The number of nitrogens with zero attached hydrogens (tertiary/aromatic N) is 1. The van der Waals surface area contributed by atoms with E-state index in [9.17, 15) is 4.79 Å². The Hall–Kier alpha value is -2.42. The van der Waals surface area contributed by atoms with E-state index in [4.69, 9.17) is 4.42 Å². The summed E-state index contributed by atoms with van der Waals surface area (Å²) in [7, 11) is 0. The van der Waals surface area contributed by atoms with Crippen molar-refractivity contribution in [1.29, 1.82) is 0 Å². The van der Waals surface area contributed by atoms with Gasteiger partial charge < -0.3 is 4.42 Å². The SMILES string of the molecule is O=c1cc(-c2ccc3cccnc3c2)cco1. The minimum atomic E-state index is -0.344. The first-order valence-corrected chi connectivity index (χ1v) is 5.27. The molecule has 82 valence electrons. The van der Waals surface area contributed by atoms with Gasteiger partial charge in [-0.2, -0.15) is 0 Å². The van der Waals surface area contributed by atoms with Gasteiger partial charge in [-0.15, -0.1) is 0 Å². The zero-order valence-electron chi connectivity index (χ0n) is 8.96. The second-order valence-electron chi connectivity index (χ2n) is 3.75. The summed E-state index contributed by atoms with van der Waals surface area (Å²) in [6.07, 6.45) is 3.16. The van der Waals surface area contributed by atoms with Crippen LogP contribution in [0.15, 0.2) is 64.1 Å². The summed E-state index contributed by atoms with van der Waals surface area (Å²) in [6.45, 7) is 0. The van der Waals surface area contributed by atoms with Crippen LogP contribution in [0.2, 0.25) is 0 Å². The molecule has 3 heteroatoms. The van der Waals surface area contributed by atoms with Crippen LogP contribution in [0.4, 0.5) is 0 Å². The molecular formula is C14H9NO2. The molecule has 0 fully saturated rings. The maximum absolute atomic E-state index is 11.1. The van der Waals surface area contributed by atoms with E-state index in [1.807, 2.05) is 30.3 Å². The minimum absolute atomic E-state index is 0.344. The normalized spacial score (nSPS) is 10.6. The summed E-state index contributed by atoms with van der Waals surface area (Å²) >= 11 is 0. The highest BCUT2D eigenvalue weighted by Crippen LogP contribution is 2.21. The third-order valence-corrected chi connectivity index (χ3v) is 2.64. The molecule has 1 aromatic carbocycles. The number of hydrogen-bond donors (Lipinski definition) is 0. The molecule has 3 aromatic rings. The first-order valence-electron chi connectivity index (χ1n) is 5.27. The van der Waals surface area contributed by atoms with Gasteiger partial charge in [0.15, 0.2) is 0 Å². The molecule has 3 nitrogen and oxygen atoms in total. The van der Waals surface area contributed by atoms with E-state index in [1.165, 1.54) is 12.3 Å². The summed E-state index contributed by atoms with van der Waals surface area (Å²) in [5, 5.41) is 1.08. The van der Waals surface area contributed by atoms with Crippen LogP contribution in [0.5, 0.6) is 0 Å². The topological polar surface area (TPSA) is 43.1 Å². The molecule has 17 heavy (non-hydrogen) atoms. The zero-order chi connectivity index (χ0) is 11.7. The molecule has 0 unspecified atom stereocenters. The summed E-state index contributed by atoms with van der Waals surface area (Å²) in [4.78, 5) is 15.4. The van der Waals surface area contributed by atoms with Crippen molar-refractivity contribution in [2.75, 3.05) is 0 Å². The van der Waals surface area contributed by atoms with Crippen molar-refractivity contribution in [3.63, 3.8) is 0 Å². The fourth-order valence-corrected chi connectivity index (χ4v) is 1.81. The van der Waals surface area contributed by atoms with Gasteiger partial charge in [0, 0.05) is 17.6 Å². The largest absolute Gasteiger partial charge is 0.431 e. The number of fused-ring (bicyclic) bond motifs is 1. The monoisotopic (exact) mass is 223 g/mol. The van der Waals surface area contributed by atoms with E-state index < -0.39 is 0 Å².